The third kappa shape index (κ3) is 2.87. The monoisotopic (exact) mass is 338 g/mol. The number of aromatic hydroxyl groups is 1. The van der Waals surface area contributed by atoms with Crippen LogP contribution >= 0.6 is 35.2 Å². The third-order valence-electron chi connectivity index (χ3n) is 2.60. The Hall–Kier alpha value is -2.03. The summed E-state index contributed by atoms with van der Waals surface area (Å²) >= 11 is 12.0. The molecule has 0 unspecified atom stereocenters. The fourth-order valence-electron chi connectivity index (χ4n) is 1.67. The van der Waals surface area contributed by atoms with Crippen LogP contribution in [0, 0.1) is 4.77 Å². The predicted octanol–water partition coefficient (Wildman–Crippen LogP) is 3.15. The summed E-state index contributed by atoms with van der Waals surface area (Å²) in [5.41, 5.74) is 0.229. The van der Waals surface area contributed by atoms with Crippen molar-refractivity contribution in [3.05, 3.63) is 43.9 Å². The standard InChI is InChI=1S/C12H7ClN4O2S2/c13-5-1-2-7-8(3-5)21-12(15-7)14-4-6-9(18)16-11(20)17-10(6)19/h1-4H,(H3,16,17,18,19,20)/b14-4+. The highest BCUT2D eigenvalue weighted by molar-refractivity contribution is 7.71. The molecule has 0 bridgehead atoms. The molecule has 0 saturated carbocycles. The summed E-state index contributed by atoms with van der Waals surface area (Å²) < 4.78 is 0.935. The summed E-state index contributed by atoms with van der Waals surface area (Å²) in [6.07, 6.45) is 1.23. The van der Waals surface area contributed by atoms with Crippen molar-refractivity contribution < 1.29 is 5.11 Å². The Kier molecular flexibility index (Phi) is 3.58. The van der Waals surface area contributed by atoms with Crippen LogP contribution in [0.25, 0.3) is 10.2 Å². The van der Waals surface area contributed by atoms with Gasteiger partial charge in [-0.05, 0) is 30.4 Å². The molecule has 0 radical (unpaired) electrons. The van der Waals surface area contributed by atoms with Crippen LogP contribution in [0.3, 0.4) is 0 Å². The first kappa shape index (κ1) is 13.9. The fourth-order valence-corrected chi connectivity index (χ4v) is 2.94. The van der Waals surface area contributed by atoms with Gasteiger partial charge in [0.1, 0.15) is 5.56 Å². The van der Waals surface area contributed by atoms with E-state index in [1.54, 1.807) is 18.2 Å². The van der Waals surface area contributed by atoms with Gasteiger partial charge < -0.3 is 10.1 Å². The number of fused-ring (bicyclic) bond motifs is 1. The van der Waals surface area contributed by atoms with Crippen molar-refractivity contribution in [2.24, 2.45) is 4.99 Å². The molecular formula is C12H7ClN4O2S2. The van der Waals surface area contributed by atoms with Gasteiger partial charge in [0, 0.05) is 11.2 Å². The molecule has 3 aromatic rings. The zero-order chi connectivity index (χ0) is 15.0. The lowest BCUT2D eigenvalue weighted by molar-refractivity contribution is 0.449. The summed E-state index contributed by atoms with van der Waals surface area (Å²) in [5.74, 6) is -0.336. The number of hydrogen-bond donors (Lipinski definition) is 3. The Bertz CT molecular complexity index is 973. The van der Waals surface area contributed by atoms with Crippen molar-refractivity contribution >= 4 is 56.7 Å². The molecule has 106 valence electrons. The lowest BCUT2D eigenvalue weighted by Gasteiger charge is -1.95. The van der Waals surface area contributed by atoms with Crippen molar-refractivity contribution in [2.45, 2.75) is 0 Å². The van der Waals surface area contributed by atoms with Gasteiger partial charge in [0.05, 0.1) is 10.2 Å². The summed E-state index contributed by atoms with van der Waals surface area (Å²) in [6.45, 7) is 0. The van der Waals surface area contributed by atoms with Crippen LogP contribution in [0.15, 0.2) is 28.0 Å². The van der Waals surface area contributed by atoms with Crippen molar-refractivity contribution in [1.29, 1.82) is 0 Å². The van der Waals surface area contributed by atoms with E-state index in [0.717, 1.165) is 10.2 Å². The first-order valence-electron chi connectivity index (χ1n) is 5.68. The van der Waals surface area contributed by atoms with E-state index in [-0.39, 0.29) is 16.2 Å². The van der Waals surface area contributed by atoms with Gasteiger partial charge in [-0.1, -0.05) is 22.9 Å². The maximum atomic E-state index is 11.7. The van der Waals surface area contributed by atoms with Crippen molar-refractivity contribution in [3.63, 3.8) is 0 Å². The van der Waals surface area contributed by atoms with Gasteiger partial charge in [-0.3, -0.25) is 9.78 Å². The van der Waals surface area contributed by atoms with Crippen LogP contribution in [0.4, 0.5) is 5.13 Å². The van der Waals surface area contributed by atoms with Crippen LogP contribution in [-0.4, -0.2) is 26.3 Å². The Morgan fingerprint density at radius 1 is 1.43 bits per heavy atom. The number of H-pyrrole nitrogens is 2. The zero-order valence-electron chi connectivity index (χ0n) is 10.3. The number of hydrogen-bond acceptors (Lipinski definition) is 6. The molecule has 0 atom stereocenters. The van der Waals surface area contributed by atoms with Crippen LogP contribution in [0.5, 0.6) is 5.88 Å². The molecule has 0 saturated heterocycles. The second-order valence-electron chi connectivity index (χ2n) is 4.04. The summed E-state index contributed by atoms with van der Waals surface area (Å²) in [7, 11) is 0. The molecule has 3 N–H and O–H groups in total. The van der Waals surface area contributed by atoms with Crippen molar-refractivity contribution in [3.8, 4) is 5.88 Å². The Labute approximate surface area is 131 Å². The van der Waals surface area contributed by atoms with Crippen LogP contribution in [0.1, 0.15) is 5.56 Å². The minimum absolute atomic E-state index is 0.0131. The molecule has 0 spiro atoms. The van der Waals surface area contributed by atoms with E-state index < -0.39 is 5.56 Å². The van der Waals surface area contributed by atoms with E-state index in [1.165, 1.54) is 17.6 Å². The molecule has 0 aliphatic heterocycles. The normalized spacial score (nSPS) is 11.5. The van der Waals surface area contributed by atoms with Crippen molar-refractivity contribution in [1.82, 2.24) is 15.0 Å². The molecule has 0 fully saturated rings. The highest BCUT2D eigenvalue weighted by Gasteiger charge is 2.06. The summed E-state index contributed by atoms with van der Waals surface area (Å²) in [4.78, 5) is 24.9. The number of thiazole rings is 1. The Morgan fingerprint density at radius 2 is 2.24 bits per heavy atom. The van der Waals surface area contributed by atoms with Crippen LogP contribution in [-0.2, 0) is 0 Å². The molecule has 21 heavy (non-hydrogen) atoms. The van der Waals surface area contributed by atoms with Crippen molar-refractivity contribution in [2.75, 3.05) is 0 Å². The minimum Gasteiger partial charge on any atom is -0.494 e. The van der Waals surface area contributed by atoms with Crippen LogP contribution in [0.2, 0.25) is 5.02 Å². The molecule has 9 heteroatoms. The molecule has 6 nitrogen and oxygen atoms in total. The third-order valence-corrected chi connectivity index (χ3v) is 3.97. The van der Waals surface area contributed by atoms with E-state index >= 15 is 0 Å². The first-order chi connectivity index (χ1) is 10.0. The lowest BCUT2D eigenvalue weighted by atomic mass is 10.3. The van der Waals surface area contributed by atoms with Crippen LogP contribution < -0.4 is 5.56 Å². The second-order valence-corrected chi connectivity index (χ2v) is 5.89. The maximum absolute atomic E-state index is 11.7. The maximum Gasteiger partial charge on any atom is 0.264 e. The SMILES string of the molecule is O=c1[nH]c(=S)[nH]c(O)c1/C=N/c1nc2ccc(Cl)cc2s1. The van der Waals surface area contributed by atoms with Gasteiger partial charge in [0.2, 0.25) is 11.0 Å². The number of aromatic amines is 2. The molecule has 0 aliphatic rings. The number of aliphatic imine (C=N–C) groups is 1. The quantitative estimate of drug-likeness (QED) is 0.494. The van der Waals surface area contributed by atoms with Gasteiger partial charge in [-0.25, -0.2) is 9.98 Å². The predicted molar refractivity (Wildman–Crippen MR) is 85.8 cm³/mol. The molecule has 0 amide bonds. The van der Waals surface area contributed by atoms with Gasteiger partial charge in [-0.2, -0.15) is 0 Å². The molecule has 3 rings (SSSR count). The number of halogens is 1. The minimum atomic E-state index is -0.524. The fraction of sp³-hybridized carbons (Fsp3) is 0. The van der Waals surface area contributed by atoms with E-state index in [1.807, 2.05) is 0 Å². The Morgan fingerprint density at radius 3 is 3.00 bits per heavy atom. The summed E-state index contributed by atoms with van der Waals surface area (Å²) in [6, 6.07) is 5.32. The number of nitrogens with zero attached hydrogens (tertiary/aromatic N) is 2. The van der Waals surface area contributed by atoms with E-state index in [4.69, 9.17) is 23.8 Å². The number of rotatable bonds is 2. The first-order valence-corrected chi connectivity index (χ1v) is 7.29. The van der Waals surface area contributed by atoms with Gasteiger partial charge in [0.25, 0.3) is 5.56 Å². The highest BCUT2D eigenvalue weighted by atomic mass is 35.5. The van der Waals surface area contributed by atoms with Gasteiger partial charge in [0.15, 0.2) is 4.77 Å². The second kappa shape index (κ2) is 5.40. The molecule has 1 aromatic carbocycles. The zero-order valence-corrected chi connectivity index (χ0v) is 12.6. The topological polar surface area (TPSA) is 94.1 Å². The lowest BCUT2D eigenvalue weighted by Crippen LogP contribution is -2.13. The van der Waals surface area contributed by atoms with E-state index in [0.29, 0.717) is 10.2 Å². The Balaban J connectivity index is 2.02. The molecule has 2 heterocycles. The average molecular weight is 339 g/mol. The van der Waals surface area contributed by atoms with Gasteiger partial charge in [-0.15, -0.1) is 0 Å². The molecule has 2 aromatic heterocycles. The largest absolute Gasteiger partial charge is 0.494 e. The smallest absolute Gasteiger partial charge is 0.264 e. The number of benzene rings is 1. The number of nitrogens with one attached hydrogen (secondary N) is 2. The highest BCUT2D eigenvalue weighted by Crippen LogP contribution is 2.29. The molecular weight excluding hydrogens is 332 g/mol. The number of aromatic nitrogens is 3. The van der Waals surface area contributed by atoms with E-state index in [2.05, 4.69) is 19.9 Å². The summed E-state index contributed by atoms with van der Waals surface area (Å²) in [5, 5.41) is 10.7. The molecule has 0 aliphatic carbocycles. The van der Waals surface area contributed by atoms with Gasteiger partial charge >= 0.3 is 0 Å². The average Bonchev–Trinajstić information content (AvgIpc) is 2.79. The van der Waals surface area contributed by atoms with E-state index in [9.17, 15) is 9.90 Å².